The van der Waals surface area contributed by atoms with Crippen LogP contribution >= 0.6 is 0 Å². The molecule has 3 rings (SSSR count). The van der Waals surface area contributed by atoms with Gasteiger partial charge in [0.15, 0.2) is 0 Å². The molecule has 6 nitrogen and oxygen atoms in total. The Bertz CT molecular complexity index is 517. The number of aryl methyl sites for hydroxylation is 2. The lowest BCUT2D eigenvalue weighted by Crippen LogP contribution is -2.45. The normalized spacial score (nSPS) is 26.6. The molecule has 0 spiro atoms. The third kappa shape index (κ3) is 3.17. The van der Waals surface area contributed by atoms with E-state index in [-0.39, 0.29) is 11.8 Å². The Morgan fingerprint density at radius 2 is 2.00 bits per heavy atom. The van der Waals surface area contributed by atoms with Crippen molar-refractivity contribution in [1.82, 2.24) is 14.8 Å². The topological polar surface area (TPSA) is 58.8 Å². The number of carbonyl (C=O) groups is 1. The first-order valence-corrected chi connectivity index (χ1v) is 8.06. The Hall–Kier alpha value is -1.40. The van der Waals surface area contributed by atoms with E-state index in [1.54, 1.807) is 0 Å². The second-order valence-electron chi connectivity index (χ2n) is 6.46. The van der Waals surface area contributed by atoms with Crippen LogP contribution in [0.15, 0.2) is 4.42 Å². The van der Waals surface area contributed by atoms with Crippen LogP contribution in [0.25, 0.3) is 0 Å². The summed E-state index contributed by atoms with van der Waals surface area (Å²) >= 11 is 0. The number of hydrogen-bond acceptors (Lipinski definition) is 5. The molecule has 0 aliphatic carbocycles. The van der Waals surface area contributed by atoms with E-state index in [1.165, 1.54) is 0 Å². The fourth-order valence-electron chi connectivity index (χ4n) is 3.33. The van der Waals surface area contributed by atoms with E-state index in [0.717, 1.165) is 43.5 Å². The van der Waals surface area contributed by atoms with Crippen molar-refractivity contribution in [3.63, 3.8) is 0 Å². The molecule has 6 heteroatoms. The lowest BCUT2D eigenvalue weighted by molar-refractivity contribution is -0.140. The summed E-state index contributed by atoms with van der Waals surface area (Å²) in [5.74, 6) is 2.35. The average molecular weight is 307 g/mol. The van der Waals surface area contributed by atoms with Crippen LogP contribution in [0.5, 0.6) is 0 Å². The number of oxazole rings is 1. The van der Waals surface area contributed by atoms with Crippen molar-refractivity contribution in [2.75, 3.05) is 39.4 Å². The molecule has 0 aromatic carbocycles. The minimum atomic E-state index is 0.0789. The first-order chi connectivity index (χ1) is 10.5. The van der Waals surface area contributed by atoms with Crippen LogP contribution in [0.1, 0.15) is 24.3 Å². The molecule has 1 aromatic heterocycles. The standard InChI is InChI=1S/C16H25N3O3/c1-11-8-18(10-15-17-12(2)13(3)22-15)9-14(11)16(20)19-4-6-21-7-5-19/h11,14H,4-10H2,1-3H3/t11-,14-/m1/s1. The molecule has 3 heterocycles. The van der Waals surface area contributed by atoms with Gasteiger partial charge in [0.05, 0.1) is 31.4 Å². The summed E-state index contributed by atoms with van der Waals surface area (Å²) < 4.78 is 11.0. The molecule has 1 aromatic rings. The van der Waals surface area contributed by atoms with Crippen LogP contribution in [0.2, 0.25) is 0 Å². The highest BCUT2D eigenvalue weighted by atomic mass is 16.5. The van der Waals surface area contributed by atoms with Gasteiger partial charge in [0.1, 0.15) is 5.76 Å². The third-order valence-electron chi connectivity index (χ3n) is 4.76. The molecule has 2 aliphatic rings. The number of nitrogens with zero attached hydrogens (tertiary/aromatic N) is 3. The van der Waals surface area contributed by atoms with Crippen molar-refractivity contribution >= 4 is 5.91 Å². The van der Waals surface area contributed by atoms with E-state index in [0.29, 0.717) is 25.7 Å². The van der Waals surface area contributed by atoms with Gasteiger partial charge in [-0.3, -0.25) is 9.69 Å². The predicted molar refractivity (Wildman–Crippen MR) is 81.3 cm³/mol. The van der Waals surface area contributed by atoms with Crippen molar-refractivity contribution < 1.29 is 13.9 Å². The Kier molecular flexibility index (Phi) is 4.49. The summed E-state index contributed by atoms with van der Waals surface area (Å²) in [6.07, 6.45) is 0. The van der Waals surface area contributed by atoms with Gasteiger partial charge in [-0.15, -0.1) is 0 Å². The molecule has 2 atom stereocenters. The van der Waals surface area contributed by atoms with Crippen LogP contribution in [-0.2, 0) is 16.1 Å². The predicted octanol–water partition coefficient (Wildman–Crippen LogP) is 1.22. The molecule has 2 aliphatic heterocycles. The number of hydrogen-bond donors (Lipinski definition) is 0. The zero-order valence-corrected chi connectivity index (χ0v) is 13.7. The Labute approximate surface area is 131 Å². The third-order valence-corrected chi connectivity index (χ3v) is 4.76. The van der Waals surface area contributed by atoms with Crippen molar-refractivity contribution in [2.24, 2.45) is 11.8 Å². The molecular weight excluding hydrogens is 282 g/mol. The second-order valence-corrected chi connectivity index (χ2v) is 6.46. The number of likely N-dealkylation sites (tertiary alicyclic amines) is 1. The summed E-state index contributed by atoms with van der Waals surface area (Å²) in [4.78, 5) is 21.3. The van der Waals surface area contributed by atoms with E-state index in [1.807, 2.05) is 18.7 Å². The SMILES string of the molecule is Cc1nc(CN2C[C@@H](C)[C@H](C(=O)N3CCOCC3)C2)oc1C. The zero-order valence-electron chi connectivity index (χ0n) is 13.7. The summed E-state index contributed by atoms with van der Waals surface area (Å²) in [7, 11) is 0. The van der Waals surface area contributed by atoms with Crippen LogP contribution in [0, 0.1) is 25.7 Å². The quantitative estimate of drug-likeness (QED) is 0.840. The van der Waals surface area contributed by atoms with Crippen molar-refractivity contribution in [2.45, 2.75) is 27.3 Å². The minimum Gasteiger partial charge on any atom is -0.444 e. The van der Waals surface area contributed by atoms with E-state index in [9.17, 15) is 4.79 Å². The summed E-state index contributed by atoms with van der Waals surface area (Å²) in [5, 5.41) is 0. The Morgan fingerprint density at radius 1 is 1.27 bits per heavy atom. The summed E-state index contributed by atoms with van der Waals surface area (Å²) in [6, 6.07) is 0. The summed E-state index contributed by atoms with van der Waals surface area (Å²) in [5.41, 5.74) is 0.947. The number of aromatic nitrogens is 1. The molecule has 22 heavy (non-hydrogen) atoms. The van der Waals surface area contributed by atoms with E-state index in [2.05, 4.69) is 16.8 Å². The molecule has 0 radical (unpaired) electrons. The Balaban J connectivity index is 1.60. The molecule has 0 N–H and O–H groups in total. The molecule has 1 amide bonds. The highest BCUT2D eigenvalue weighted by Crippen LogP contribution is 2.26. The van der Waals surface area contributed by atoms with Gasteiger partial charge in [0.2, 0.25) is 11.8 Å². The van der Waals surface area contributed by atoms with Gasteiger partial charge in [-0.1, -0.05) is 6.92 Å². The van der Waals surface area contributed by atoms with E-state index < -0.39 is 0 Å². The number of morpholine rings is 1. The van der Waals surface area contributed by atoms with Crippen LogP contribution in [-0.4, -0.2) is 60.1 Å². The lowest BCUT2D eigenvalue weighted by Gasteiger charge is -2.30. The molecule has 0 saturated carbocycles. The van der Waals surface area contributed by atoms with Gasteiger partial charge < -0.3 is 14.1 Å². The molecule has 2 fully saturated rings. The van der Waals surface area contributed by atoms with Crippen LogP contribution in [0.4, 0.5) is 0 Å². The maximum Gasteiger partial charge on any atom is 0.227 e. The van der Waals surface area contributed by atoms with Crippen molar-refractivity contribution in [1.29, 1.82) is 0 Å². The van der Waals surface area contributed by atoms with Gasteiger partial charge in [0.25, 0.3) is 0 Å². The van der Waals surface area contributed by atoms with Crippen LogP contribution < -0.4 is 0 Å². The summed E-state index contributed by atoms with van der Waals surface area (Å²) in [6.45, 7) is 11.2. The fourth-order valence-corrected chi connectivity index (χ4v) is 3.33. The number of ether oxygens (including phenoxy) is 1. The molecule has 0 bridgehead atoms. The first-order valence-electron chi connectivity index (χ1n) is 8.06. The Morgan fingerprint density at radius 3 is 2.64 bits per heavy atom. The van der Waals surface area contributed by atoms with Gasteiger partial charge in [0, 0.05) is 26.2 Å². The monoisotopic (exact) mass is 307 g/mol. The van der Waals surface area contributed by atoms with Crippen molar-refractivity contribution in [3.05, 3.63) is 17.3 Å². The number of carbonyl (C=O) groups excluding carboxylic acids is 1. The maximum atomic E-state index is 12.7. The van der Waals surface area contributed by atoms with Crippen molar-refractivity contribution in [3.8, 4) is 0 Å². The maximum absolute atomic E-state index is 12.7. The zero-order chi connectivity index (χ0) is 15.7. The highest BCUT2D eigenvalue weighted by molar-refractivity contribution is 5.79. The van der Waals surface area contributed by atoms with Gasteiger partial charge >= 0.3 is 0 Å². The minimum absolute atomic E-state index is 0.0789. The van der Waals surface area contributed by atoms with Gasteiger partial charge in [-0.2, -0.15) is 0 Å². The van der Waals surface area contributed by atoms with Gasteiger partial charge in [-0.05, 0) is 19.8 Å². The van der Waals surface area contributed by atoms with E-state index in [4.69, 9.17) is 9.15 Å². The average Bonchev–Trinajstić information content (AvgIpc) is 3.02. The highest BCUT2D eigenvalue weighted by Gasteiger charge is 2.37. The molecular formula is C16H25N3O3. The fraction of sp³-hybridized carbons (Fsp3) is 0.750. The largest absolute Gasteiger partial charge is 0.444 e. The lowest BCUT2D eigenvalue weighted by atomic mass is 9.96. The van der Waals surface area contributed by atoms with E-state index >= 15 is 0 Å². The smallest absolute Gasteiger partial charge is 0.227 e. The number of rotatable bonds is 3. The first kappa shape index (κ1) is 15.5. The molecule has 122 valence electrons. The molecule has 2 saturated heterocycles. The van der Waals surface area contributed by atoms with Crippen LogP contribution in [0.3, 0.4) is 0 Å². The second kappa shape index (κ2) is 6.38. The molecule has 0 unspecified atom stereocenters. The van der Waals surface area contributed by atoms with Gasteiger partial charge in [-0.25, -0.2) is 4.98 Å². The number of amides is 1.